The van der Waals surface area contributed by atoms with Crippen LogP contribution >= 0.6 is 12.2 Å². The summed E-state index contributed by atoms with van der Waals surface area (Å²) in [5, 5.41) is 0. The normalized spacial score (nSPS) is 12.6. The lowest BCUT2D eigenvalue weighted by Gasteiger charge is -2.29. The fourth-order valence-electron chi connectivity index (χ4n) is 1.87. The van der Waals surface area contributed by atoms with Crippen LogP contribution in [0.15, 0.2) is 18.2 Å². The van der Waals surface area contributed by atoms with Crippen LogP contribution in [0.3, 0.4) is 0 Å². The molecule has 0 atom stereocenters. The van der Waals surface area contributed by atoms with Crippen LogP contribution in [0.25, 0.3) is 11.0 Å². The number of hydrogen-bond acceptors (Lipinski definition) is 1. The molecule has 0 aliphatic carbocycles. The summed E-state index contributed by atoms with van der Waals surface area (Å²) in [6.07, 6.45) is 0. The fraction of sp³-hybridized carbons (Fsp3) is 0.500. The summed E-state index contributed by atoms with van der Waals surface area (Å²) in [6, 6.07) is 4.73. The van der Waals surface area contributed by atoms with Crippen molar-refractivity contribution < 1.29 is 4.39 Å². The molecular formula is C14H19FN2S. The predicted molar refractivity (Wildman–Crippen MR) is 75.7 cm³/mol. The summed E-state index contributed by atoms with van der Waals surface area (Å²) in [4.78, 5) is 3.13. The van der Waals surface area contributed by atoms with Crippen LogP contribution in [0.2, 0.25) is 0 Å². The molecule has 0 bridgehead atoms. The van der Waals surface area contributed by atoms with Gasteiger partial charge in [-0.15, -0.1) is 0 Å². The lowest BCUT2D eigenvalue weighted by molar-refractivity contribution is 0.211. The van der Waals surface area contributed by atoms with E-state index in [2.05, 4.69) is 32.7 Å². The van der Waals surface area contributed by atoms with E-state index in [0.29, 0.717) is 10.7 Å². The van der Waals surface area contributed by atoms with Gasteiger partial charge in [0.25, 0.3) is 0 Å². The van der Waals surface area contributed by atoms with Crippen molar-refractivity contribution in [1.29, 1.82) is 0 Å². The quantitative estimate of drug-likeness (QED) is 0.810. The maximum absolute atomic E-state index is 13.4. The van der Waals surface area contributed by atoms with Crippen LogP contribution in [0.5, 0.6) is 0 Å². The molecular weight excluding hydrogens is 247 g/mol. The van der Waals surface area contributed by atoms with Gasteiger partial charge in [-0.3, -0.25) is 0 Å². The van der Waals surface area contributed by atoms with Gasteiger partial charge in [0.2, 0.25) is 0 Å². The number of halogens is 1. The number of aromatic amines is 1. The topological polar surface area (TPSA) is 20.7 Å². The van der Waals surface area contributed by atoms with Crippen LogP contribution in [0, 0.1) is 21.9 Å². The highest BCUT2D eigenvalue weighted by Crippen LogP contribution is 2.30. The van der Waals surface area contributed by atoms with E-state index in [0.717, 1.165) is 17.6 Å². The molecule has 18 heavy (non-hydrogen) atoms. The smallest absolute Gasteiger partial charge is 0.178 e. The van der Waals surface area contributed by atoms with Gasteiger partial charge in [0.05, 0.1) is 11.0 Å². The third-order valence-corrected chi connectivity index (χ3v) is 4.19. The number of imidazole rings is 1. The van der Waals surface area contributed by atoms with Gasteiger partial charge in [-0.25, -0.2) is 4.39 Å². The summed E-state index contributed by atoms with van der Waals surface area (Å²) in [5.74, 6) is 0.297. The zero-order chi connectivity index (χ0) is 13.5. The Kier molecular flexibility index (Phi) is 3.32. The maximum atomic E-state index is 13.4. The lowest BCUT2D eigenvalue weighted by atomic mass is 9.81. The van der Waals surface area contributed by atoms with Crippen molar-refractivity contribution in [2.75, 3.05) is 0 Å². The summed E-state index contributed by atoms with van der Waals surface area (Å²) in [6.45, 7) is 9.58. The van der Waals surface area contributed by atoms with E-state index in [1.165, 1.54) is 12.1 Å². The minimum Gasteiger partial charge on any atom is -0.331 e. The molecule has 0 spiro atoms. The Morgan fingerprint density at radius 3 is 2.67 bits per heavy atom. The molecule has 0 unspecified atom stereocenters. The second-order valence-corrected chi connectivity index (χ2v) is 6.21. The molecule has 1 heterocycles. The van der Waals surface area contributed by atoms with Crippen molar-refractivity contribution in [3.8, 4) is 0 Å². The Labute approximate surface area is 112 Å². The van der Waals surface area contributed by atoms with Gasteiger partial charge in [0.1, 0.15) is 5.82 Å². The molecule has 1 aromatic heterocycles. The first-order valence-electron chi connectivity index (χ1n) is 6.19. The monoisotopic (exact) mass is 266 g/mol. The molecule has 1 aromatic carbocycles. The minimum atomic E-state index is -0.229. The molecule has 2 rings (SSSR count). The highest BCUT2D eigenvalue weighted by molar-refractivity contribution is 7.71. The minimum absolute atomic E-state index is 0.111. The Bertz CT molecular complexity index is 622. The Balaban J connectivity index is 2.54. The van der Waals surface area contributed by atoms with E-state index < -0.39 is 0 Å². The number of aromatic nitrogens is 2. The van der Waals surface area contributed by atoms with Crippen molar-refractivity contribution in [2.24, 2.45) is 11.3 Å². The van der Waals surface area contributed by atoms with E-state index >= 15 is 0 Å². The summed E-state index contributed by atoms with van der Waals surface area (Å²) >= 11 is 5.34. The van der Waals surface area contributed by atoms with E-state index in [1.54, 1.807) is 6.07 Å². The van der Waals surface area contributed by atoms with Crippen LogP contribution in [-0.2, 0) is 6.54 Å². The molecule has 0 saturated heterocycles. The van der Waals surface area contributed by atoms with E-state index in [-0.39, 0.29) is 11.2 Å². The lowest BCUT2D eigenvalue weighted by Crippen LogP contribution is -2.25. The fourth-order valence-corrected chi connectivity index (χ4v) is 2.15. The molecule has 0 radical (unpaired) electrons. The molecule has 0 aliphatic heterocycles. The van der Waals surface area contributed by atoms with Crippen molar-refractivity contribution >= 4 is 23.3 Å². The van der Waals surface area contributed by atoms with Crippen LogP contribution < -0.4 is 0 Å². The molecule has 0 aliphatic rings. The second-order valence-electron chi connectivity index (χ2n) is 5.82. The van der Waals surface area contributed by atoms with Gasteiger partial charge in [0, 0.05) is 6.54 Å². The van der Waals surface area contributed by atoms with Crippen LogP contribution in [0.1, 0.15) is 27.7 Å². The third kappa shape index (κ3) is 2.34. The van der Waals surface area contributed by atoms with Crippen LogP contribution in [-0.4, -0.2) is 9.55 Å². The molecule has 2 aromatic rings. The number of H-pyrrole nitrogens is 1. The van der Waals surface area contributed by atoms with Gasteiger partial charge in [-0.2, -0.15) is 0 Å². The number of hydrogen-bond donors (Lipinski definition) is 1. The Morgan fingerprint density at radius 1 is 1.39 bits per heavy atom. The second kappa shape index (κ2) is 4.50. The van der Waals surface area contributed by atoms with Gasteiger partial charge >= 0.3 is 0 Å². The number of benzene rings is 1. The third-order valence-electron chi connectivity index (χ3n) is 3.87. The van der Waals surface area contributed by atoms with Gasteiger partial charge in [-0.05, 0) is 41.7 Å². The average molecular weight is 266 g/mol. The van der Waals surface area contributed by atoms with Crippen molar-refractivity contribution in [1.82, 2.24) is 9.55 Å². The van der Waals surface area contributed by atoms with Crippen LogP contribution in [0.4, 0.5) is 4.39 Å². The first-order chi connectivity index (χ1) is 8.31. The molecule has 0 fully saturated rings. The van der Waals surface area contributed by atoms with E-state index in [1.807, 2.05) is 4.57 Å². The zero-order valence-electron chi connectivity index (χ0n) is 11.2. The summed E-state index contributed by atoms with van der Waals surface area (Å²) in [5.41, 5.74) is 1.84. The Morgan fingerprint density at radius 2 is 2.06 bits per heavy atom. The maximum Gasteiger partial charge on any atom is 0.178 e. The van der Waals surface area contributed by atoms with Gasteiger partial charge in [-0.1, -0.05) is 27.7 Å². The average Bonchev–Trinajstić information content (AvgIpc) is 2.55. The first-order valence-corrected chi connectivity index (χ1v) is 6.60. The molecule has 0 saturated carbocycles. The number of nitrogens with zero attached hydrogens (tertiary/aromatic N) is 1. The van der Waals surface area contributed by atoms with Gasteiger partial charge < -0.3 is 9.55 Å². The van der Waals surface area contributed by atoms with E-state index in [4.69, 9.17) is 12.2 Å². The highest BCUT2D eigenvalue weighted by atomic mass is 32.1. The number of nitrogens with one attached hydrogen (secondary N) is 1. The zero-order valence-corrected chi connectivity index (χ0v) is 12.1. The van der Waals surface area contributed by atoms with Crippen molar-refractivity contribution in [2.45, 2.75) is 34.2 Å². The highest BCUT2D eigenvalue weighted by Gasteiger charge is 2.24. The summed E-state index contributed by atoms with van der Waals surface area (Å²) in [7, 11) is 0. The Hall–Kier alpha value is -1.16. The standard InChI is InChI=1S/C14H19FN2S/c1-9(2)14(3,4)8-17-12-7-10(15)5-6-11(12)16-13(17)18/h5-7,9H,8H2,1-4H3,(H,16,18). The number of fused-ring (bicyclic) bond motifs is 1. The SMILES string of the molecule is CC(C)C(C)(C)Cn1c(=S)[nH]c2ccc(F)cc21. The summed E-state index contributed by atoms with van der Waals surface area (Å²) < 4.78 is 16.0. The van der Waals surface area contributed by atoms with Crippen molar-refractivity contribution in [3.05, 3.63) is 28.8 Å². The molecule has 4 heteroatoms. The molecule has 1 N–H and O–H groups in total. The first kappa shape index (κ1) is 13.3. The van der Waals surface area contributed by atoms with E-state index in [9.17, 15) is 4.39 Å². The molecule has 2 nitrogen and oxygen atoms in total. The van der Waals surface area contributed by atoms with Crippen molar-refractivity contribution in [3.63, 3.8) is 0 Å². The number of rotatable bonds is 3. The molecule has 0 amide bonds. The molecule has 98 valence electrons. The van der Waals surface area contributed by atoms with Gasteiger partial charge in [0.15, 0.2) is 4.77 Å². The largest absolute Gasteiger partial charge is 0.331 e. The predicted octanol–water partition coefficient (Wildman–Crippen LogP) is 4.52.